The van der Waals surface area contributed by atoms with E-state index in [1.807, 2.05) is 32.0 Å². The summed E-state index contributed by atoms with van der Waals surface area (Å²) in [6.07, 6.45) is 0.776. The van der Waals surface area contributed by atoms with Gasteiger partial charge in [-0.25, -0.2) is 0 Å². The molecule has 1 aromatic heterocycles. The van der Waals surface area contributed by atoms with Crippen LogP contribution in [0.3, 0.4) is 0 Å². The van der Waals surface area contributed by atoms with Gasteiger partial charge in [0.05, 0.1) is 5.69 Å². The number of nitrogens with one attached hydrogen (secondary N) is 1. The van der Waals surface area contributed by atoms with Gasteiger partial charge < -0.3 is 5.73 Å². The molecule has 0 fully saturated rings. The number of nitroso groups, excluding NO2 is 1. The van der Waals surface area contributed by atoms with Crippen LogP contribution in [-0.2, 0) is 11.2 Å². The molecule has 0 spiro atoms. The lowest BCUT2D eigenvalue weighted by Crippen LogP contribution is -2.11. The highest BCUT2D eigenvalue weighted by atomic mass is 16.3. The predicted molar refractivity (Wildman–Crippen MR) is 102 cm³/mol. The summed E-state index contributed by atoms with van der Waals surface area (Å²) in [5, 5.41) is 10.3. The molecule has 3 rings (SSSR count). The van der Waals surface area contributed by atoms with E-state index < -0.39 is 0 Å². The Hall–Kier alpha value is -3.28. The number of H-pyrrole nitrogens is 1. The number of hydrogen-bond donors (Lipinski definition) is 2. The molecule has 0 aliphatic heterocycles. The molecule has 0 saturated heterocycles. The maximum absolute atomic E-state index is 11.3. The Kier molecular flexibility index (Phi) is 4.93. The second-order valence-corrected chi connectivity index (χ2v) is 6.29. The number of amides is 1. The minimum absolute atomic E-state index is 0.255. The number of benzene rings is 2. The van der Waals surface area contributed by atoms with Crippen molar-refractivity contribution in [1.29, 1.82) is 0 Å². The first-order valence-electron chi connectivity index (χ1n) is 8.36. The number of nitrogens with two attached hydrogens (primary N) is 1. The molecule has 1 amide bonds. The zero-order valence-electron chi connectivity index (χ0n) is 14.7. The first-order chi connectivity index (χ1) is 12.5. The van der Waals surface area contributed by atoms with Crippen molar-refractivity contribution in [2.24, 2.45) is 10.9 Å². The average molecular weight is 348 g/mol. The molecule has 0 bridgehead atoms. The zero-order valence-corrected chi connectivity index (χ0v) is 14.7. The molecule has 0 aliphatic rings. The van der Waals surface area contributed by atoms with Gasteiger partial charge in [0.25, 0.3) is 0 Å². The number of carbonyl (C=O) groups is 1. The average Bonchev–Trinajstić information content (AvgIpc) is 2.98. The molecule has 0 atom stereocenters. The molecule has 0 radical (unpaired) electrons. The van der Waals surface area contributed by atoms with Gasteiger partial charge in [0.2, 0.25) is 5.91 Å². The predicted octanol–water partition coefficient (Wildman–Crippen LogP) is 4.18. The topological polar surface area (TPSA) is 101 Å². The molecule has 2 aromatic carbocycles. The van der Waals surface area contributed by atoms with Gasteiger partial charge in [0.1, 0.15) is 5.69 Å². The van der Waals surface area contributed by atoms with Gasteiger partial charge in [0, 0.05) is 17.7 Å². The molecular weight excluding hydrogens is 328 g/mol. The molecule has 0 aliphatic carbocycles. The maximum Gasteiger partial charge on any atom is 0.217 e. The molecule has 1 heterocycles. The van der Waals surface area contributed by atoms with E-state index in [-0.39, 0.29) is 12.3 Å². The standard InChI is InChI=1S/C20H20N4O2/c1-12-20(13(2)23-22-12)16-6-8-18(15(10-16)7-9-19(21)25)14-4-3-5-17(11-14)24-26/h3-6,8,10-11H,7,9H2,1-2H3,(H2,21,25)(H,22,23). The second-order valence-electron chi connectivity index (χ2n) is 6.29. The van der Waals surface area contributed by atoms with Gasteiger partial charge in [-0.3, -0.25) is 9.89 Å². The molecule has 26 heavy (non-hydrogen) atoms. The van der Waals surface area contributed by atoms with Crippen molar-refractivity contribution < 1.29 is 4.79 Å². The van der Waals surface area contributed by atoms with Crippen LogP contribution in [0.5, 0.6) is 0 Å². The first-order valence-corrected chi connectivity index (χ1v) is 8.36. The van der Waals surface area contributed by atoms with Gasteiger partial charge >= 0.3 is 0 Å². The summed E-state index contributed by atoms with van der Waals surface area (Å²) in [6, 6.07) is 13.2. The van der Waals surface area contributed by atoms with Crippen molar-refractivity contribution in [2.75, 3.05) is 0 Å². The van der Waals surface area contributed by atoms with Gasteiger partial charge in [-0.05, 0) is 59.8 Å². The van der Waals surface area contributed by atoms with Crippen LogP contribution in [0.4, 0.5) is 5.69 Å². The fourth-order valence-corrected chi connectivity index (χ4v) is 3.20. The van der Waals surface area contributed by atoms with Gasteiger partial charge in [-0.15, -0.1) is 4.91 Å². The smallest absolute Gasteiger partial charge is 0.217 e. The Morgan fingerprint density at radius 1 is 1.15 bits per heavy atom. The van der Waals surface area contributed by atoms with E-state index in [1.54, 1.807) is 18.2 Å². The lowest BCUT2D eigenvalue weighted by Gasteiger charge is -2.13. The Morgan fingerprint density at radius 2 is 1.96 bits per heavy atom. The van der Waals surface area contributed by atoms with Crippen molar-refractivity contribution >= 4 is 11.6 Å². The summed E-state index contributed by atoms with van der Waals surface area (Å²) in [7, 11) is 0. The maximum atomic E-state index is 11.3. The molecule has 6 heteroatoms. The van der Waals surface area contributed by atoms with Crippen molar-refractivity contribution in [1.82, 2.24) is 10.2 Å². The Balaban J connectivity index is 2.11. The molecule has 3 aromatic rings. The van der Waals surface area contributed by atoms with Crippen LogP contribution in [-0.4, -0.2) is 16.1 Å². The zero-order chi connectivity index (χ0) is 18.7. The number of primary amides is 1. The normalized spacial score (nSPS) is 10.7. The number of nitrogens with zero attached hydrogens (tertiary/aromatic N) is 2. The minimum atomic E-state index is -0.347. The van der Waals surface area contributed by atoms with Crippen molar-refractivity contribution in [2.45, 2.75) is 26.7 Å². The second kappa shape index (κ2) is 7.31. The van der Waals surface area contributed by atoms with E-state index >= 15 is 0 Å². The number of rotatable bonds is 6. The number of aromatic amines is 1. The van der Waals surface area contributed by atoms with Crippen LogP contribution in [0.25, 0.3) is 22.3 Å². The van der Waals surface area contributed by atoms with Crippen LogP contribution in [0.2, 0.25) is 0 Å². The van der Waals surface area contributed by atoms with E-state index in [0.717, 1.165) is 39.2 Å². The van der Waals surface area contributed by atoms with E-state index in [2.05, 4.69) is 21.4 Å². The third-order valence-electron chi connectivity index (χ3n) is 4.43. The van der Waals surface area contributed by atoms with Crippen LogP contribution in [0.1, 0.15) is 23.4 Å². The van der Waals surface area contributed by atoms with E-state index in [1.165, 1.54) is 0 Å². The van der Waals surface area contributed by atoms with Crippen molar-refractivity contribution in [3.8, 4) is 22.3 Å². The van der Waals surface area contributed by atoms with Crippen LogP contribution in [0, 0.1) is 18.8 Å². The Labute approximate surface area is 151 Å². The monoisotopic (exact) mass is 348 g/mol. The Morgan fingerprint density at radius 3 is 2.62 bits per heavy atom. The largest absolute Gasteiger partial charge is 0.370 e. The van der Waals surface area contributed by atoms with Crippen LogP contribution in [0.15, 0.2) is 47.6 Å². The summed E-state index contributed by atoms with van der Waals surface area (Å²) in [5.74, 6) is -0.347. The number of hydrogen-bond acceptors (Lipinski definition) is 4. The van der Waals surface area contributed by atoms with Gasteiger partial charge in [0.15, 0.2) is 0 Å². The van der Waals surface area contributed by atoms with E-state index in [4.69, 9.17) is 5.73 Å². The molecular formula is C20H20N4O2. The fourth-order valence-electron chi connectivity index (χ4n) is 3.20. The summed E-state index contributed by atoms with van der Waals surface area (Å²) >= 11 is 0. The first kappa shape index (κ1) is 17.5. The summed E-state index contributed by atoms with van der Waals surface area (Å²) in [6.45, 7) is 3.93. The van der Waals surface area contributed by atoms with Gasteiger partial charge in [-0.1, -0.05) is 30.3 Å². The van der Waals surface area contributed by atoms with Crippen LogP contribution < -0.4 is 5.73 Å². The molecule has 132 valence electrons. The molecule has 6 nitrogen and oxygen atoms in total. The lowest BCUT2D eigenvalue weighted by molar-refractivity contribution is -0.117. The highest BCUT2D eigenvalue weighted by molar-refractivity contribution is 5.78. The molecule has 0 saturated carbocycles. The fraction of sp³-hybridized carbons (Fsp3) is 0.200. The quantitative estimate of drug-likeness (QED) is 0.653. The lowest BCUT2D eigenvalue weighted by atomic mass is 9.92. The summed E-state index contributed by atoms with van der Waals surface area (Å²) < 4.78 is 0. The Bertz CT molecular complexity index is 956. The SMILES string of the molecule is Cc1n[nH]c(C)c1-c1ccc(-c2cccc(N=O)c2)c(CCC(N)=O)c1. The third kappa shape index (κ3) is 3.54. The van der Waals surface area contributed by atoms with Crippen LogP contribution >= 0.6 is 0 Å². The van der Waals surface area contributed by atoms with Crippen molar-refractivity contribution in [3.05, 3.63) is 64.3 Å². The molecule has 3 N–H and O–H groups in total. The number of aryl methyl sites for hydroxylation is 3. The van der Waals surface area contributed by atoms with Gasteiger partial charge in [-0.2, -0.15) is 5.10 Å². The summed E-state index contributed by atoms with van der Waals surface area (Å²) in [4.78, 5) is 22.1. The number of carbonyl (C=O) groups excluding carboxylic acids is 1. The van der Waals surface area contributed by atoms with Crippen molar-refractivity contribution in [3.63, 3.8) is 0 Å². The third-order valence-corrected chi connectivity index (χ3v) is 4.43. The van der Waals surface area contributed by atoms with E-state index in [9.17, 15) is 9.70 Å². The minimum Gasteiger partial charge on any atom is -0.370 e. The highest BCUT2D eigenvalue weighted by Gasteiger charge is 2.13. The van der Waals surface area contributed by atoms with E-state index in [0.29, 0.717) is 12.1 Å². The number of aromatic nitrogens is 2. The molecule has 0 unspecified atom stereocenters. The highest BCUT2D eigenvalue weighted by Crippen LogP contribution is 2.33. The summed E-state index contributed by atoms with van der Waals surface area (Å²) in [5.41, 5.74) is 12.5.